The average molecular weight is 283 g/mol. The van der Waals surface area contributed by atoms with Gasteiger partial charge in [-0.15, -0.1) is 0 Å². The summed E-state index contributed by atoms with van der Waals surface area (Å²) in [5.41, 5.74) is 0.872. The third kappa shape index (κ3) is 3.13. The molecule has 0 bridgehead atoms. The van der Waals surface area contributed by atoms with E-state index in [4.69, 9.17) is 4.74 Å². The molecule has 5 nitrogen and oxygen atoms in total. The largest absolute Gasteiger partial charge is 0.439 e. The van der Waals surface area contributed by atoms with Gasteiger partial charge in [0.15, 0.2) is 0 Å². The first-order valence-corrected chi connectivity index (χ1v) is 6.93. The van der Waals surface area contributed by atoms with Gasteiger partial charge in [-0.25, -0.2) is 4.98 Å². The Kier molecular flexibility index (Phi) is 3.73. The number of benzene rings is 1. The molecule has 1 aliphatic rings. The van der Waals surface area contributed by atoms with Gasteiger partial charge in [0.25, 0.3) is 0 Å². The van der Waals surface area contributed by atoms with E-state index in [0.29, 0.717) is 11.6 Å². The summed E-state index contributed by atoms with van der Waals surface area (Å²) in [4.78, 5) is 17.8. The lowest BCUT2D eigenvalue weighted by molar-refractivity contribution is -0.127. The molecular weight excluding hydrogens is 266 g/mol. The first-order valence-electron chi connectivity index (χ1n) is 6.93. The van der Waals surface area contributed by atoms with Crippen LogP contribution in [0.3, 0.4) is 0 Å². The Balaban J connectivity index is 1.70. The van der Waals surface area contributed by atoms with E-state index in [1.807, 2.05) is 43.4 Å². The van der Waals surface area contributed by atoms with E-state index in [-0.39, 0.29) is 11.9 Å². The lowest BCUT2D eigenvalue weighted by atomic mass is 10.2. The number of ether oxygens (including phenoxy) is 1. The summed E-state index contributed by atoms with van der Waals surface area (Å²) in [6.07, 6.45) is 2.51. The normalized spacial score (nSPS) is 17.9. The molecule has 0 unspecified atom stereocenters. The molecule has 1 atom stereocenters. The van der Waals surface area contributed by atoms with Crippen molar-refractivity contribution in [2.24, 2.45) is 0 Å². The van der Waals surface area contributed by atoms with Crippen molar-refractivity contribution in [3.8, 4) is 11.6 Å². The third-order valence-electron chi connectivity index (χ3n) is 3.46. The lowest BCUT2D eigenvalue weighted by Gasteiger charge is -2.14. The highest BCUT2D eigenvalue weighted by molar-refractivity contribution is 5.86. The molecule has 2 heterocycles. The number of likely N-dealkylation sites (N-methyl/N-ethyl adjacent to an activating group) is 1. The fourth-order valence-corrected chi connectivity index (χ4v) is 2.34. The average Bonchev–Trinajstić information content (AvgIpc) is 2.81. The molecule has 1 saturated heterocycles. The Bertz CT molecular complexity index is 630. The molecular formula is C16H17N3O2. The molecule has 0 aliphatic carbocycles. The molecule has 1 N–H and O–H groups in total. The molecule has 1 fully saturated rings. The molecule has 108 valence electrons. The summed E-state index contributed by atoms with van der Waals surface area (Å²) in [5, 5.41) is 3.26. The van der Waals surface area contributed by atoms with Crippen LogP contribution in [0.4, 0.5) is 5.69 Å². The SMILES string of the molecule is CN1CC[C@H](Nc2cccc(Oc3ccccn3)c2)C1=O. The van der Waals surface area contributed by atoms with Gasteiger partial charge < -0.3 is 15.0 Å². The van der Waals surface area contributed by atoms with Crippen molar-refractivity contribution < 1.29 is 9.53 Å². The van der Waals surface area contributed by atoms with Crippen molar-refractivity contribution in [3.05, 3.63) is 48.7 Å². The van der Waals surface area contributed by atoms with E-state index in [9.17, 15) is 4.79 Å². The van der Waals surface area contributed by atoms with Gasteiger partial charge in [-0.05, 0) is 24.6 Å². The Labute approximate surface area is 123 Å². The molecule has 0 spiro atoms. The molecule has 0 radical (unpaired) electrons. The summed E-state index contributed by atoms with van der Waals surface area (Å²) >= 11 is 0. The van der Waals surface area contributed by atoms with Crippen LogP contribution in [-0.4, -0.2) is 35.4 Å². The molecule has 1 aliphatic heterocycles. The van der Waals surface area contributed by atoms with Crippen molar-refractivity contribution >= 4 is 11.6 Å². The first-order chi connectivity index (χ1) is 10.2. The number of pyridine rings is 1. The summed E-state index contributed by atoms with van der Waals surface area (Å²) in [6, 6.07) is 12.9. The maximum absolute atomic E-state index is 11.9. The zero-order valence-corrected chi connectivity index (χ0v) is 11.8. The van der Waals surface area contributed by atoms with E-state index < -0.39 is 0 Å². The van der Waals surface area contributed by atoms with E-state index in [1.165, 1.54) is 0 Å². The molecule has 1 aromatic heterocycles. The van der Waals surface area contributed by atoms with Crippen molar-refractivity contribution in [3.63, 3.8) is 0 Å². The van der Waals surface area contributed by atoms with Crippen LogP contribution in [-0.2, 0) is 4.79 Å². The van der Waals surface area contributed by atoms with Crippen LogP contribution in [0.25, 0.3) is 0 Å². The second-order valence-electron chi connectivity index (χ2n) is 5.04. The highest BCUT2D eigenvalue weighted by atomic mass is 16.5. The van der Waals surface area contributed by atoms with Crippen molar-refractivity contribution in [2.75, 3.05) is 18.9 Å². The lowest BCUT2D eigenvalue weighted by Crippen LogP contribution is -2.30. The van der Waals surface area contributed by atoms with Crippen molar-refractivity contribution in [1.82, 2.24) is 9.88 Å². The Morgan fingerprint density at radius 2 is 2.19 bits per heavy atom. The van der Waals surface area contributed by atoms with Crippen molar-refractivity contribution in [1.29, 1.82) is 0 Å². The second kappa shape index (κ2) is 5.83. The molecule has 2 aromatic rings. The Morgan fingerprint density at radius 3 is 2.90 bits per heavy atom. The van der Waals surface area contributed by atoms with Crippen LogP contribution in [0.5, 0.6) is 11.6 Å². The Hall–Kier alpha value is -2.56. The number of amides is 1. The van der Waals surface area contributed by atoms with Crippen molar-refractivity contribution in [2.45, 2.75) is 12.5 Å². The van der Waals surface area contributed by atoms with Crippen LogP contribution in [0, 0.1) is 0 Å². The highest BCUT2D eigenvalue weighted by Crippen LogP contribution is 2.24. The summed E-state index contributed by atoms with van der Waals surface area (Å²) in [5.74, 6) is 1.37. The van der Waals surface area contributed by atoms with Gasteiger partial charge >= 0.3 is 0 Å². The molecule has 5 heteroatoms. The minimum atomic E-state index is -0.153. The van der Waals surface area contributed by atoms with Gasteiger partial charge in [0.2, 0.25) is 11.8 Å². The topological polar surface area (TPSA) is 54.5 Å². The summed E-state index contributed by atoms with van der Waals surface area (Å²) in [6.45, 7) is 0.792. The second-order valence-corrected chi connectivity index (χ2v) is 5.04. The smallest absolute Gasteiger partial charge is 0.244 e. The number of rotatable bonds is 4. The third-order valence-corrected chi connectivity index (χ3v) is 3.46. The van der Waals surface area contributed by atoms with Gasteiger partial charge in [0.05, 0.1) is 0 Å². The summed E-state index contributed by atoms with van der Waals surface area (Å²) in [7, 11) is 1.82. The van der Waals surface area contributed by atoms with Gasteiger partial charge in [-0.2, -0.15) is 0 Å². The molecule has 1 aromatic carbocycles. The number of aromatic nitrogens is 1. The fourth-order valence-electron chi connectivity index (χ4n) is 2.34. The maximum Gasteiger partial charge on any atom is 0.244 e. The fraction of sp³-hybridized carbons (Fsp3) is 0.250. The van der Waals surface area contributed by atoms with E-state index in [1.54, 1.807) is 17.2 Å². The van der Waals surface area contributed by atoms with Crippen LogP contribution in [0.15, 0.2) is 48.7 Å². The number of nitrogens with one attached hydrogen (secondary N) is 1. The van der Waals surface area contributed by atoms with E-state index >= 15 is 0 Å². The number of carbonyl (C=O) groups is 1. The van der Waals surface area contributed by atoms with Crippen LogP contribution < -0.4 is 10.1 Å². The molecule has 1 amide bonds. The number of likely N-dealkylation sites (tertiary alicyclic amines) is 1. The monoisotopic (exact) mass is 283 g/mol. The zero-order valence-electron chi connectivity index (χ0n) is 11.8. The predicted molar refractivity (Wildman–Crippen MR) is 80.4 cm³/mol. The van der Waals surface area contributed by atoms with Gasteiger partial charge in [0.1, 0.15) is 11.8 Å². The van der Waals surface area contributed by atoms with E-state index in [0.717, 1.165) is 18.7 Å². The minimum absolute atomic E-state index is 0.131. The molecule has 0 saturated carbocycles. The maximum atomic E-state index is 11.9. The minimum Gasteiger partial charge on any atom is -0.439 e. The predicted octanol–water partition coefficient (Wildman–Crippen LogP) is 2.52. The quantitative estimate of drug-likeness (QED) is 0.936. The number of carbonyl (C=O) groups excluding carboxylic acids is 1. The zero-order chi connectivity index (χ0) is 14.7. The number of nitrogens with zero attached hydrogens (tertiary/aromatic N) is 2. The van der Waals surface area contributed by atoms with Crippen LogP contribution >= 0.6 is 0 Å². The van der Waals surface area contributed by atoms with Gasteiger partial charge in [-0.3, -0.25) is 4.79 Å². The Morgan fingerprint density at radius 1 is 1.29 bits per heavy atom. The van der Waals surface area contributed by atoms with Crippen LogP contribution in [0.2, 0.25) is 0 Å². The van der Waals surface area contributed by atoms with Gasteiger partial charge in [-0.1, -0.05) is 12.1 Å². The molecule has 21 heavy (non-hydrogen) atoms. The number of hydrogen-bond acceptors (Lipinski definition) is 4. The number of hydrogen-bond donors (Lipinski definition) is 1. The van der Waals surface area contributed by atoms with Crippen LogP contribution in [0.1, 0.15) is 6.42 Å². The first kappa shape index (κ1) is 13.4. The number of anilines is 1. The summed E-state index contributed by atoms with van der Waals surface area (Å²) < 4.78 is 5.68. The molecule has 3 rings (SSSR count). The standard InChI is InChI=1S/C16H17N3O2/c1-19-10-8-14(16(19)20)18-12-5-4-6-13(11-12)21-15-7-2-3-9-17-15/h2-7,9,11,14,18H,8,10H2,1H3/t14-/m0/s1. The van der Waals surface area contributed by atoms with Gasteiger partial charge in [0, 0.05) is 37.6 Å². The highest BCUT2D eigenvalue weighted by Gasteiger charge is 2.28. The van der Waals surface area contributed by atoms with E-state index in [2.05, 4.69) is 10.3 Å².